The molecule has 1 unspecified atom stereocenters. The molecule has 0 aromatic heterocycles. The van der Waals surface area contributed by atoms with Crippen molar-refractivity contribution in [2.45, 2.75) is 19.5 Å². The monoisotopic (exact) mass is 250 g/mol. The summed E-state index contributed by atoms with van der Waals surface area (Å²) in [5, 5.41) is 8.69. The number of benzene rings is 1. The number of halogens is 1. The van der Waals surface area contributed by atoms with Crippen molar-refractivity contribution in [3.8, 4) is 6.07 Å². The van der Waals surface area contributed by atoms with Crippen LogP contribution in [0.2, 0.25) is 0 Å². The fourth-order valence-electron chi connectivity index (χ4n) is 1.96. The highest BCUT2D eigenvalue weighted by Gasteiger charge is 2.19. The normalized spacial score (nSPS) is 21.1. The van der Waals surface area contributed by atoms with Crippen molar-refractivity contribution in [2.24, 2.45) is 0 Å². The van der Waals surface area contributed by atoms with Gasteiger partial charge in [-0.3, -0.25) is 4.90 Å². The van der Waals surface area contributed by atoms with Crippen molar-refractivity contribution in [2.75, 3.05) is 18.1 Å². The van der Waals surface area contributed by atoms with Crippen LogP contribution in [0.1, 0.15) is 18.1 Å². The van der Waals surface area contributed by atoms with Gasteiger partial charge in [-0.2, -0.15) is 17.0 Å². The molecule has 1 aromatic rings. The summed E-state index contributed by atoms with van der Waals surface area (Å²) in [6.07, 6.45) is 0. The summed E-state index contributed by atoms with van der Waals surface area (Å²) in [6, 6.07) is 7.17. The third kappa shape index (κ3) is 2.99. The molecule has 1 aliphatic heterocycles. The van der Waals surface area contributed by atoms with Gasteiger partial charge in [0.1, 0.15) is 5.82 Å². The molecular weight excluding hydrogens is 235 g/mol. The summed E-state index contributed by atoms with van der Waals surface area (Å²) >= 11 is 1.95. The predicted molar refractivity (Wildman–Crippen MR) is 68.3 cm³/mol. The second-order valence-corrected chi connectivity index (χ2v) is 5.46. The van der Waals surface area contributed by atoms with Crippen molar-refractivity contribution in [3.63, 3.8) is 0 Å². The Kier molecular flexibility index (Phi) is 4.03. The maximum atomic E-state index is 13.7. The van der Waals surface area contributed by atoms with Crippen LogP contribution in [0.4, 0.5) is 4.39 Å². The highest BCUT2D eigenvalue weighted by atomic mass is 32.2. The molecule has 0 radical (unpaired) electrons. The fraction of sp³-hybridized carbons (Fsp3) is 0.462. The molecule has 17 heavy (non-hydrogen) atoms. The lowest BCUT2D eigenvalue weighted by atomic mass is 10.1. The molecule has 0 bridgehead atoms. The zero-order chi connectivity index (χ0) is 12.3. The van der Waals surface area contributed by atoms with E-state index < -0.39 is 0 Å². The number of hydrogen-bond donors (Lipinski definition) is 0. The van der Waals surface area contributed by atoms with E-state index in [0.717, 1.165) is 18.1 Å². The number of hydrogen-bond acceptors (Lipinski definition) is 3. The highest BCUT2D eigenvalue weighted by molar-refractivity contribution is 7.99. The molecule has 2 nitrogen and oxygen atoms in total. The Morgan fingerprint density at radius 2 is 2.41 bits per heavy atom. The van der Waals surface area contributed by atoms with Gasteiger partial charge in [-0.1, -0.05) is 6.07 Å². The first-order valence-electron chi connectivity index (χ1n) is 5.71. The van der Waals surface area contributed by atoms with Gasteiger partial charge >= 0.3 is 0 Å². The van der Waals surface area contributed by atoms with Crippen molar-refractivity contribution >= 4 is 11.8 Å². The fourth-order valence-corrected chi connectivity index (χ4v) is 3.04. The number of nitriles is 1. The smallest absolute Gasteiger partial charge is 0.129 e. The van der Waals surface area contributed by atoms with Crippen molar-refractivity contribution < 1.29 is 4.39 Å². The Bertz CT molecular complexity index is 442. The van der Waals surface area contributed by atoms with Crippen molar-refractivity contribution in [3.05, 3.63) is 35.1 Å². The van der Waals surface area contributed by atoms with Crippen LogP contribution >= 0.6 is 11.8 Å². The van der Waals surface area contributed by atoms with E-state index in [1.165, 1.54) is 6.07 Å². The minimum Gasteiger partial charge on any atom is -0.295 e. The quantitative estimate of drug-likeness (QED) is 0.807. The Labute approximate surface area is 105 Å². The first kappa shape index (κ1) is 12.4. The Morgan fingerprint density at radius 3 is 3.06 bits per heavy atom. The van der Waals surface area contributed by atoms with Gasteiger partial charge in [0.05, 0.1) is 11.6 Å². The highest BCUT2D eigenvalue weighted by Crippen LogP contribution is 2.20. The van der Waals surface area contributed by atoms with Crippen LogP contribution in [0.3, 0.4) is 0 Å². The standard InChI is InChI=1S/C13H15FN2S/c1-10-9-17-5-4-16(10)8-12-3-2-11(7-15)6-13(12)14/h2-3,6,10H,4-5,8-9H2,1H3. The SMILES string of the molecule is CC1CSCCN1Cc1ccc(C#N)cc1F. The third-order valence-corrected chi connectivity index (χ3v) is 4.25. The van der Waals surface area contributed by atoms with Crippen molar-refractivity contribution in [1.82, 2.24) is 4.90 Å². The molecule has 0 spiro atoms. The second-order valence-electron chi connectivity index (χ2n) is 4.31. The maximum Gasteiger partial charge on any atom is 0.129 e. The van der Waals surface area contributed by atoms with Gasteiger partial charge in [0.15, 0.2) is 0 Å². The average Bonchev–Trinajstić information content (AvgIpc) is 2.34. The first-order valence-corrected chi connectivity index (χ1v) is 6.86. The lowest BCUT2D eigenvalue weighted by molar-refractivity contribution is 0.221. The summed E-state index contributed by atoms with van der Waals surface area (Å²) in [4.78, 5) is 2.29. The van der Waals surface area contributed by atoms with Crippen LogP contribution in [-0.4, -0.2) is 29.0 Å². The number of nitrogens with zero attached hydrogens (tertiary/aromatic N) is 2. The third-order valence-electron chi connectivity index (χ3n) is 3.06. The molecule has 2 rings (SSSR count). The zero-order valence-corrected chi connectivity index (χ0v) is 10.6. The average molecular weight is 250 g/mol. The molecule has 1 aromatic carbocycles. The molecule has 1 saturated heterocycles. The van der Waals surface area contributed by atoms with E-state index in [-0.39, 0.29) is 5.82 Å². The molecule has 0 aliphatic carbocycles. The summed E-state index contributed by atoms with van der Waals surface area (Å²) in [7, 11) is 0. The molecule has 0 amide bonds. The molecule has 0 N–H and O–H groups in total. The van der Waals surface area contributed by atoms with Crippen LogP contribution in [-0.2, 0) is 6.54 Å². The van der Waals surface area contributed by atoms with E-state index in [2.05, 4.69) is 11.8 Å². The molecule has 1 atom stereocenters. The van der Waals surface area contributed by atoms with Gasteiger partial charge < -0.3 is 0 Å². The molecule has 0 saturated carbocycles. The van der Waals surface area contributed by atoms with Crippen LogP contribution in [0.5, 0.6) is 0 Å². The minimum absolute atomic E-state index is 0.269. The Hall–Kier alpha value is -1.05. The van der Waals surface area contributed by atoms with Gasteiger partial charge in [-0.15, -0.1) is 0 Å². The minimum atomic E-state index is -0.269. The molecule has 1 aliphatic rings. The predicted octanol–water partition coefficient (Wildman–Crippen LogP) is 2.63. The number of thioether (sulfide) groups is 1. The Morgan fingerprint density at radius 1 is 1.59 bits per heavy atom. The van der Waals surface area contributed by atoms with E-state index in [0.29, 0.717) is 23.7 Å². The lowest BCUT2D eigenvalue weighted by Gasteiger charge is -2.33. The topological polar surface area (TPSA) is 27.0 Å². The Balaban J connectivity index is 2.10. The second kappa shape index (κ2) is 5.52. The molecule has 90 valence electrons. The molecule has 1 fully saturated rings. The summed E-state index contributed by atoms with van der Waals surface area (Å²) in [6.45, 7) is 3.82. The molecule has 4 heteroatoms. The number of rotatable bonds is 2. The van der Waals surface area contributed by atoms with Gasteiger partial charge in [0.2, 0.25) is 0 Å². The molecule has 1 heterocycles. The van der Waals surface area contributed by atoms with E-state index >= 15 is 0 Å². The van der Waals surface area contributed by atoms with E-state index in [1.807, 2.05) is 17.8 Å². The van der Waals surface area contributed by atoms with Crippen LogP contribution in [0, 0.1) is 17.1 Å². The molecular formula is C13H15FN2S. The summed E-state index contributed by atoms with van der Waals surface area (Å²) in [5.41, 5.74) is 1.07. The van der Waals surface area contributed by atoms with E-state index in [9.17, 15) is 4.39 Å². The van der Waals surface area contributed by atoms with Gasteiger partial charge in [-0.25, -0.2) is 4.39 Å². The van der Waals surface area contributed by atoms with Crippen molar-refractivity contribution in [1.29, 1.82) is 5.26 Å². The zero-order valence-electron chi connectivity index (χ0n) is 9.82. The summed E-state index contributed by atoms with van der Waals surface area (Å²) < 4.78 is 13.7. The largest absolute Gasteiger partial charge is 0.295 e. The van der Waals surface area contributed by atoms with Gasteiger partial charge in [0, 0.05) is 36.2 Å². The first-order chi connectivity index (χ1) is 8.20. The lowest BCUT2D eigenvalue weighted by Crippen LogP contribution is -2.39. The van der Waals surface area contributed by atoms with E-state index in [4.69, 9.17) is 5.26 Å². The van der Waals surface area contributed by atoms with Crippen LogP contribution in [0.25, 0.3) is 0 Å². The van der Waals surface area contributed by atoms with Gasteiger partial charge in [0.25, 0.3) is 0 Å². The van der Waals surface area contributed by atoms with Crippen LogP contribution in [0.15, 0.2) is 18.2 Å². The van der Waals surface area contributed by atoms with Crippen LogP contribution < -0.4 is 0 Å². The van der Waals surface area contributed by atoms with E-state index in [1.54, 1.807) is 12.1 Å². The van der Waals surface area contributed by atoms with Gasteiger partial charge in [-0.05, 0) is 19.1 Å². The summed E-state index contributed by atoms with van der Waals surface area (Å²) in [5.74, 6) is 1.95. The maximum absolute atomic E-state index is 13.7.